The minimum Gasteiger partial charge on any atom is -0.469 e. The molecule has 0 fully saturated rings. The van der Waals surface area contributed by atoms with Crippen molar-refractivity contribution in [1.29, 1.82) is 0 Å². The SMILES string of the molecule is COC(=O)C(C)(C)Cn1cc(CO)nn1. The Bertz CT molecular complexity index is 346. The minimum atomic E-state index is -0.658. The van der Waals surface area contributed by atoms with Crippen LogP contribution in [-0.4, -0.2) is 33.2 Å². The Morgan fingerprint density at radius 2 is 2.33 bits per heavy atom. The van der Waals surface area contributed by atoms with Gasteiger partial charge in [-0.15, -0.1) is 5.10 Å². The summed E-state index contributed by atoms with van der Waals surface area (Å²) < 4.78 is 6.19. The first-order chi connectivity index (χ1) is 6.99. The van der Waals surface area contributed by atoms with E-state index in [0.717, 1.165) is 0 Å². The van der Waals surface area contributed by atoms with Gasteiger partial charge >= 0.3 is 5.97 Å². The van der Waals surface area contributed by atoms with Crippen molar-refractivity contribution >= 4 is 5.97 Å². The summed E-state index contributed by atoms with van der Waals surface area (Å²) in [7, 11) is 1.35. The second-order valence-electron chi connectivity index (χ2n) is 3.94. The van der Waals surface area contributed by atoms with E-state index in [1.807, 2.05) is 0 Å². The average molecular weight is 213 g/mol. The lowest BCUT2D eigenvalue weighted by molar-refractivity contribution is -0.151. The molecule has 0 unspecified atom stereocenters. The Labute approximate surface area is 87.9 Å². The molecule has 1 aromatic heterocycles. The number of hydrogen-bond donors (Lipinski definition) is 1. The Morgan fingerprint density at radius 1 is 1.67 bits per heavy atom. The highest BCUT2D eigenvalue weighted by Gasteiger charge is 2.29. The molecule has 0 spiro atoms. The first kappa shape index (κ1) is 11.6. The van der Waals surface area contributed by atoms with Gasteiger partial charge in [0.2, 0.25) is 0 Å². The van der Waals surface area contributed by atoms with Gasteiger partial charge in [-0.2, -0.15) is 0 Å². The van der Waals surface area contributed by atoms with Crippen LogP contribution < -0.4 is 0 Å². The Morgan fingerprint density at radius 3 is 2.80 bits per heavy atom. The fourth-order valence-electron chi connectivity index (χ4n) is 1.23. The zero-order chi connectivity index (χ0) is 11.5. The first-order valence-corrected chi connectivity index (χ1v) is 4.58. The lowest BCUT2D eigenvalue weighted by Gasteiger charge is -2.20. The molecule has 0 saturated heterocycles. The summed E-state index contributed by atoms with van der Waals surface area (Å²) in [4.78, 5) is 11.4. The van der Waals surface area contributed by atoms with E-state index in [0.29, 0.717) is 12.2 Å². The van der Waals surface area contributed by atoms with Crippen molar-refractivity contribution < 1.29 is 14.6 Å². The number of carbonyl (C=O) groups is 1. The number of rotatable bonds is 4. The van der Waals surface area contributed by atoms with Crippen molar-refractivity contribution in [3.05, 3.63) is 11.9 Å². The van der Waals surface area contributed by atoms with Gasteiger partial charge < -0.3 is 9.84 Å². The largest absolute Gasteiger partial charge is 0.469 e. The molecule has 0 radical (unpaired) electrons. The molecule has 1 heterocycles. The molecule has 0 aliphatic rings. The summed E-state index contributed by atoms with van der Waals surface area (Å²) in [5.74, 6) is -0.302. The van der Waals surface area contributed by atoms with Gasteiger partial charge in [0.25, 0.3) is 0 Å². The van der Waals surface area contributed by atoms with Crippen LogP contribution in [0.15, 0.2) is 6.20 Å². The molecular weight excluding hydrogens is 198 g/mol. The summed E-state index contributed by atoms with van der Waals surface area (Å²) in [5.41, 5.74) is -0.175. The van der Waals surface area contributed by atoms with E-state index in [9.17, 15) is 4.79 Å². The van der Waals surface area contributed by atoms with Gasteiger partial charge in [-0.25, -0.2) is 0 Å². The molecule has 84 valence electrons. The van der Waals surface area contributed by atoms with Crippen molar-refractivity contribution in [1.82, 2.24) is 15.0 Å². The average Bonchev–Trinajstić information content (AvgIpc) is 2.63. The summed E-state index contributed by atoms with van der Waals surface area (Å²) in [6.07, 6.45) is 1.60. The summed E-state index contributed by atoms with van der Waals surface area (Å²) in [6, 6.07) is 0. The smallest absolute Gasteiger partial charge is 0.313 e. The standard InChI is InChI=1S/C9H15N3O3/c1-9(2,8(14)15-3)6-12-4-7(5-13)10-11-12/h4,13H,5-6H2,1-3H3. The molecule has 0 saturated carbocycles. The number of methoxy groups -OCH3 is 1. The molecule has 0 aliphatic carbocycles. The molecule has 6 heteroatoms. The minimum absolute atomic E-state index is 0.154. The lowest BCUT2D eigenvalue weighted by Crippen LogP contribution is -2.30. The number of ether oxygens (including phenoxy) is 1. The summed E-state index contributed by atoms with van der Waals surface area (Å²) in [6.45, 7) is 3.74. The maximum Gasteiger partial charge on any atom is 0.313 e. The summed E-state index contributed by atoms with van der Waals surface area (Å²) >= 11 is 0. The van der Waals surface area contributed by atoms with Crippen LogP contribution in [0.4, 0.5) is 0 Å². The van der Waals surface area contributed by atoms with E-state index in [4.69, 9.17) is 5.11 Å². The van der Waals surface area contributed by atoms with Crippen LogP contribution in [0.2, 0.25) is 0 Å². The van der Waals surface area contributed by atoms with Gasteiger partial charge in [0.05, 0.1) is 31.9 Å². The molecule has 1 aromatic rings. The molecular formula is C9H15N3O3. The molecule has 0 aliphatic heterocycles. The summed E-state index contributed by atoms with van der Waals surface area (Å²) in [5, 5.41) is 16.3. The Balaban J connectivity index is 2.72. The molecule has 15 heavy (non-hydrogen) atoms. The van der Waals surface area contributed by atoms with Crippen LogP contribution in [0.25, 0.3) is 0 Å². The third kappa shape index (κ3) is 2.76. The number of nitrogens with zero attached hydrogens (tertiary/aromatic N) is 3. The fraction of sp³-hybridized carbons (Fsp3) is 0.667. The van der Waals surface area contributed by atoms with E-state index in [2.05, 4.69) is 15.0 Å². The van der Waals surface area contributed by atoms with Gasteiger partial charge in [0.15, 0.2) is 0 Å². The van der Waals surface area contributed by atoms with Crippen LogP contribution in [0.3, 0.4) is 0 Å². The highest BCUT2D eigenvalue weighted by Crippen LogP contribution is 2.19. The van der Waals surface area contributed by atoms with Crippen LogP contribution in [-0.2, 0) is 22.7 Å². The predicted molar refractivity (Wildman–Crippen MR) is 51.7 cm³/mol. The van der Waals surface area contributed by atoms with Gasteiger partial charge in [0.1, 0.15) is 5.69 Å². The molecule has 0 atom stereocenters. The van der Waals surface area contributed by atoms with Crippen molar-refractivity contribution in [3.8, 4) is 0 Å². The maximum absolute atomic E-state index is 11.4. The molecule has 0 amide bonds. The van der Waals surface area contributed by atoms with Crippen LogP contribution in [0.5, 0.6) is 0 Å². The van der Waals surface area contributed by atoms with Crippen LogP contribution >= 0.6 is 0 Å². The second-order valence-corrected chi connectivity index (χ2v) is 3.94. The monoisotopic (exact) mass is 213 g/mol. The fourth-order valence-corrected chi connectivity index (χ4v) is 1.23. The number of hydrogen-bond acceptors (Lipinski definition) is 5. The zero-order valence-corrected chi connectivity index (χ0v) is 9.10. The topological polar surface area (TPSA) is 77.2 Å². The highest BCUT2D eigenvalue weighted by atomic mass is 16.5. The third-order valence-corrected chi connectivity index (χ3v) is 2.04. The van der Waals surface area contributed by atoms with E-state index < -0.39 is 5.41 Å². The van der Waals surface area contributed by atoms with Crippen molar-refractivity contribution in [2.75, 3.05) is 7.11 Å². The lowest BCUT2D eigenvalue weighted by atomic mass is 9.94. The second kappa shape index (κ2) is 4.39. The van der Waals surface area contributed by atoms with Crippen LogP contribution in [0, 0.1) is 5.41 Å². The number of esters is 1. The van der Waals surface area contributed by atoms with E-state index in [-0.39, 0.29) is 12.6 Å². The highest BCUT2D eigenvalue weighted by molar-refractivity contribution is 5.75. The van der Waals surface area contributed by atoms with Gasteiger partial charge in [-0.05, 0) is 13.8 Å². The third-order valence-electron chi connectivity index (χ3n) is 2.04. The Hall–Kier alpha value is -1.43. The number of carbonyl (C=O) groups excluding carboxylic acids is 1. The maximum atomic E-state index is 11.4. The normalized spacial score (nSPS) is 11.5. The van der Waals surface area contributed by atoms with Gasteiger partial charge in [0, 0.05) is 0 Å². The van der Waals surface area contributed by atoms with E-state index >= 15 is 0 Å². The molecule has 1 N–H and O–H groups in total. The van der Waals surface area contributed by atoms with Crippen molar-refractivity contribution in [3.63, 3.8) is 0 Å². The van der Waals surface area contributed by atoms with Crippen molar-refractivity contribution in [2.24, 2.45) is 5.41 Å². The van der Waals surface area contributed by atoms with Crippen molar-refractivity contribution in [2.45, 2.75) is 27.0 Å². The molecule has 6 nitrogen and oxygen atoms in total. The number of aromatic nitrogens is 3. The van der Waals surface area contributed by atoms with E-state index in [1.165, 1.54) is 11.8 Å². The predicted octanol–water partition coefficient (Wildman–Crippen LogP) is -0.0304. The van der Waals surface area contributed by atoms with Gasteiger partial charge in [-0.3, -0.25) is 9.48 Å². The zero-order valence-electron chi connectivity index (χ0n) is 9.10. The number of aliphatic hydroxyl groups is 1. The molecule has 1 rings (SSSR count). The Kier molecular flexibility index (Phi) is 3.41. The number of aliphatic hydroxyl groups excluding tert-OH is 1. The van der Waals surface area contributed by atoms with Gasteiger partial charge in [-0.1, -0.05) is 5.21 Å². The van der Waals surface area contributed by atoms with Crippen LogP contribution in [0.1, 0.15) is 19.5 Å². The first-order valence-electron chi connectivity index (χ1n) is 4.58. The quantitative estimate of drug-likeness (QED) is 0.711. The molecule has 0 aromatic carbocycles. The molecule has 0 bridgehead atoms. The van der Waals surface area contributed by atoms with E-state index in [1.54, 1.807) is 20.0 Å².